The highest BCUT2D eigenvalue weighted by molar-refractivity contribution is 6.00. The molecule has 5 heteroatoms. The van der Waals surface area contributed by atoms with E-state index in [1.54, 1.807) is 33.5 Å². The van der Waals surface area contributed by atoms with Gasteiger partial charge < -0.3 is 19.5 Å². The minimum atomic E-state index is -0.156. The van der Waals surface area contributed by atoms with Crippen molar-refractivity contribution in [3.05, 3.63) is 77.9 Å². The molecule has 0 aromatic heterocycles. The fraction of sp³-hybridized carbons (Fsp3) is 0.174. The lowest BCUT2D eigenvalue weighted by Gasteiger charge is -2.15. The molecular formula is C23H23NO4. The molecule has 144 valence electrons. The highest BCUT2D eigenvalue weighted by Crippen LogP contribution is 2.34. The van der Waals surface area contributed by atoms with E-state index in [-0.39, 0.29) is 5.91 Å². The van der Waals surface area contributed by atoms with Crippen LogP contribution >= 0.6 is 0 Å². The lowest BCUT2D eigenvalue weighted by Crippen LogP contribution is -2.23. The van der Waals surface area contributed by atoms with Crippen LogP contribution in [0.1, 0.15) is 15.9 Å². The Kier molecular flexibility index (Phi) is 6.17. The predicted octanol–water partition coefficient (Wildman–Crippen LogP) is 4.31. The molecule has 0 aliphatic rings. The van der Waals surface area contributed by atoms with Crippen LogP contribution in [0.25, 0.3) is 11.1 Å². The summed E-state index contributed by atoms with van der Waals surface area (Å²) in [5.74, 6) is 1.62. The second kappa shape index (κ2) is 8.95. The average molecular weight is 377 g/mol. The Hall–Kier alpha value is -3.47. The molecule has 0 atom stereocenters. The first-order chi connectivity index (χ1) is 13.7. The van der Waals surface area contributed by atoms with Gasteiger partial charge in [-0.1, -0.05) is 48.5 Å². The van der Waals surface area contributed by atoms with Crippen molar-refractivity contribution in [3.8, 4) is 28.4 Å². The van der Waals surface area contributed by atoms with E-state index in [1.165, 1.54) is 0 Å². The molecule has 0 radical (unpaired) electrons. The van der Waals surface area contributed by atoms with E-state index in [9.17, 15) is 4.79 Å². The number of carbonyl (C=O) groups excluding carboxylic acids is 1. The van der Waals surface area contributed by atoms with E-state index in [0.717, 1.165) is 16.7 Å². The summed E-state index contributed by atoms with van der Waals surface area (Å²) in [4.78, 5) is 12.9. The second-order valence-electron chi connectivity index (χ2n) is 6.11. The van der Waals surface area contributed by atoms with Crippen molar-refractivity contribution in [2.75, 3.05) is 21.3 Å². The van der Waals surface area contributed by atoms with Crippen LogP contribution in [-0.2, 0) is 6.54 Å². The molecule has 0 saturated carbocycles. The van der Waals surface area contributed by atoms with Gasteiger partial charge in [0.05, 0.1) is 21.3 Å². The molecular weight excluding hydrogens is 354 g/mol. The minimum absolute atomic E-state index is 0.156. The second-order valence-corrected chi connectivity index (χ2v) is 6.11. The fourth-order valence-electron chi connectivity index (χ4n) is 3.05. The van der Waals surface area contributed by atoms with Crippen LogP contribution in [-0.4, -0.2) is 27.2 Å². The van der Waals surface area contributed by atoms with Gasteiger partial charge in [-0.3, -0.25) is 4.79 Å². The van der Waals surface area contributed by atoms with Crippen molar-refractivity contribution in [2.24, 2.45) is 0 Å². The van der Waals surface area contributed by atoms with E-state index in [1.807, 2.05) is 54.6 Å². The molecule has 0 aliphatic carbocycles. The first-order valence-corrected chi connectivity index (χ1v) is 8.89. The van der Waals surface area contributed by atoms with E-state index in [2.05, 4.69) is 5.32 Å². The van der Waals surface area contributed by atoms with Crippen LogP contribution in [0.5, 0.6) is 17.2 Å². The first-order valence-electron chi connectivity index (χ1n) is 8.89. The number of methoxy groups -OCH3 is 3. The fourth-order valence-corrected chi connectivity index (χ4v) is 3.05. The Morgan fingerprint density at radius 1 is 0.786 bits per heavy atom. The Balaban J connectivity index is 1.84. The Morgan fingerprint density at radius 2 is 1.39 bits per heavy atom. The zero-order valence-corrected chi connectivity index (χ0v) is 16.2. The van der Waals surface area contributed by atoms with Crippen molar-refractivity contribution in [1.82, 2.24) is 5.32 Å². The summed E-state index contributed by atoms with van der Waals surface area (Å²) in [7, 11) is 4.72. The third kappa shape index (κ3) is 4.09. The third-order valence-corrected chi connectivity index (χ3v) is 4.48. The van der Waals surface area contributed by atoms with Crippen LogP contribution in [0.2, 0.25) is 0 Å². The SMILES string of the molecule is COc1cc(OC)c(OC)cc1CNC(=O)c1ccccc1-c1ccccc1. The molecule has 0 aliphatic heterocycles. The van der Waals surface area contributed by atoms with Crippen molar-refractivity contribution < 1.29 is 19.0 Å². The summed E-state index contributed by atoms with van der Waals surface area (Å²) in [6, 6.07) is 21.0. The molecule has 0 spiro atoms. The Bertz CT molecular complexity index is 954. The van der Waals surface area contributed by atoms with Gasteiger partial charge in [-0.2, -0.15) is 0 Å². The van der Waals surface area contributed by atoms with Gasteiger partial charge in [0.2, 0.25) is 0 Å². The summed E-state index contributed by atoms with van der Waals surface area (Å²) in [6.07, 6.45) is 0. The van der Waals surface area contributed by atoms with E-state index in [0.29, 0.717) is 29.4 Å². The predicted molar refractivity (Wildman–Crippen MR) is 109 cm³/mol. The molecule has 3 rings (SSSR count). The molecule has 5 nitrogen and oxygen atoms in total. The maximum atomic E-state index is 12.9. The highest BCUT2D eigenvalue weighted by Gasteiger charge is 2.15. The number of benzene rings is 3. The summed E-state index contributed by atoms with van der Waals surface area (Å²) in [6.45, 7) is 0.297. The van der Waals surface area contributed by atoms with Gasteiger partial charge in [-0.15, -0.1) is 0 Å². The zero-order chi connectivity index (χ0) is 19.9. The lowest BCUT2D eigenvalue weighted by molar-refractivity contribution is 0.0951. The summed E-state index contributed by atoms with van der Waals surface area (Å²) >= 11 is 0. The molecule has 0 bridgehead atoms. The first kappa shape index (κ1) is 19.3. The number of rotatable bonds is 7. The summed E-state index contributed by atoms with van der Waals surface area (Å²) in [5.41, 5.74) is 3.30. The molecule has 0 unspecified atom stereocenters. The normalized spacial score (nSPS) is 10.2. The Morgan fingerprint density at radius 3 is 2.07 bits per heavy atom. The van der Waals surface area contributed by atoms with Gasteiger partial charge in [0.1, 0.15) is 5.75 Å². The molecule has 3 aromatic carbocycles. The molecule has 1 N–H and O–H groups in total. The smallest absolute Gasteiger partial charge is 0.252 e. The van der Waals surface area contributed by atoms with E-state index in [4.69, 9.17) is 14.2 Å². The van der Waals surface area contributed by atoms with Gasteiger partial charge >= 0.3 is 0 Å². The van der Waals surface area contributed by atoms with Crippen LogP contribution in [0.15, 0.2) is 66.7 Å². The quantitative estimate of drug-likeness (QED) is 0.667. The zero-order valence-electron chi connectivity index (χ0n) is 16.2. The minimum Gasteiger partial charge on any atom is -0.496 e. The lowest BCUT2D eigenvalue weighted by atomic mass is 9.99. The van der Waals surface area contributed by atoms with Crippen LogP contribution in [0, 0.1) is 0 Å². The summed E-state index contributed by atoms with van der Waals surface area (Å²) in [5, 5.41) is 2.97. The molecule has 3 aromatic rings. The number of nitrogens with one attached hydrogen (secondary N) is 1. The highest BCUT2D eigenvalue weighted by atomic mass is 16.5. The molecule has 0 saturated heterocycles. The number of amides is 1. The van der Waals surface area contributed by atoms with Crippen LogP contribution < -0.4 is 19.5 Å². The van der Waals surface area contributed by atoms with Gasteiger partial charge in [0.15, 0.2) is 11.5 Å². The van der Waals surface area contributed by atoms with Gasteiger partial charge in [-0.05, 0) is 23.3 Å². The van der Waals surface area contributed by atoms with Gasteiger partial charge in [-0.25, -0.2) is 0 Å². The molecule has 0 fully saturated rings. The Labute approximate surface area is 164 Å². The maximum Gasteiger partial charge on any atom is 0.252 e. The summed E-state index contributed by atoms with van der Waals surface area (Å²) < 4.78 is 16.1. The van der Waals surface area contributed by atoms with Crippen molar-refractivity contribution in [2.45, 2.75) is 6.54 Å². The largest absolute Gasteiger partial charge is 0.496 e. The number of carbonyl (C=O) groups is 1. The standard InChI is InChI=1S/C23H23NO4/c1-26-20-14-22(28-3)21(27-2)13-17(20)15-24-23(25)19-12-8-7-11-18(19)16-9-5-4-6-10-16/h4-14H,15H2,1-3H3,(H,24,25). The number of hydrogen-bond acceptors (Lipinski definition) is 4. The van der Waals surface area contributed by atoms with Crippen molar-refractivity contribution in [1.29, 1.82) is 0 Å². The number of ether oxygens (including phenoxy) is 3. The van der Waals surface area contributed by atoms with Gasteiger partial charge in [0.25, 0.3) is 5.91 Å². The maximum absolute atomic E-state index is 12.9. The molecule has 28 heavy (non-hydrogen) atoms. The molecule has 1 amide bonds. The van der Waals surface area contributed by atoms with Crippen LogP contribution in [0.3, 0.4) is 0 Å². The van der Waals surface area contributed by atoms with Crippen molar-refractivity contribution in [3.63, 3.8) is 0 Å². The van der Waals surface area contributed by atoms with E-state index >= 15 is 0 Å². The monoisotopic (exact) mass is 377 g/mol. The average Bonchev–Trinajstić information content (AvgIpc) is 2.77. The topological polar surface area (TPSA) is 56.8 Å². The number of hydrogen-bond donors (Lipinski definition) is 1. The van der Waals surface area contributed by atoms with Crippen molar-refractivity contribution >= 4 is 5.91 Å². The van der Waals surface area contributed by atoms with Gasteiger partial charge in [0, 0.05) is 23.7 Å². The van der Waals surface area contributed by atoms with E-state index < -0.39 is 0 Å². The molecule has 0 heterocycles. The van der Waals surface area contributed by atoms with Crippen LogP contribution in [0.4, 0.5) is 0 Å². The third-order valence-electron chi connectivity index (χ3n) is 4.48.